The average molecular weight is 403 g/mol. The maximum Gasteiger partial charge on any atom is 0.254 e. The Labute approximate surface area is 173 Å². The Balaban J connectivity index is 1.68. The Morgan fingerprint density at radius 1 is 1.17 bits per heavy atom. The highest BCUT2D eigenvalue weighted by atomic mass is 35.5. The third-order valence-electron chi connectivity index (χ3n) is 5.46. The molecule has 0 saturated carbocycles. The fraction of sp³-hybridized carbons (Fsp3) is 0.174. The lowest BCUT2D eigenvalue weighted by Crippen LogP contribution is -2.41. The van der Waals surface area contributed by atoms with Gasteiger partial charge in [-0.15, -0.1) is 0 Å². The molecule has 0 radical (unpaired) electrons. The summed E-state index contributed by atoms with van der Waals surface area (Å²) in [5, 5.41) is 1.52. The second kappa shape index (κ2) is 7.01. The molecule has 144 valence electrons. The molecule has 3 aromatic heterocycles. The van der Waals surface area contributed by atoms with Gasteiger partial charge in [-0.25, -0.2) is 4.98 Å². The number of nitrogens with zero attached hydrogens (tertiary/aromatic N) is 3. The lowest BCUT2D eigenvalue weighted by Gasteiger charge is -2.35. The number of aromatic amines is 1. The number of rotatable bonds is 2. The molecule has 1 aliphatic rings. The number of pyridine rings is 2. The van der Waals surface area contributed by atoms with Crippen LogP contribution in [0.5, 0.6) is 0 Å². The summed E-state index contributed by atoms with van der Waals surface area (Å²) in [5.41, 5.74) is 5.67. The van der Waals surface area contributed by atoms with E-state index >= 15 is 0 Å². The van der Waals surface area contributed by atoms with Gasteiger partial charge in [-0.3, -0.25) is 9.78 Å². The van der Waals surface area contributed by atoms with E-state index in [9.17, 15) is 4.79 Å². The maximum absolute atomic E-state index is 13.4. The number of para-hydroxylation sites is 1. The largest absolute Gasteiger partial charge is 0.356 e. The fourth-order valence-electron chi connectivity index (χ4n) is 4.18. The number of nitrogens with one attached hydrogen (secondary N) is 1. The van der Waals surface area contributed by atoms with E-state index in [1.807, 2.05) is 42.2 Å². The van der Waals surface area contributed by atoms with Crippen molar-refractivity contribution in [1.29, 1.82) is 0 Å². The molecule has 1 amide bonds. The maximum atomic E-state index is 13.4. The van der Waals surface area contributed by atoms with Crippen molar-refractivity contribution in [1.82, 2.24) is 19.9 Å². The summed E-state index contributed by atoms with van der Waals surface area (Å²) >= 11 is 6.04. The summed E-state index contributed by atoms with van der Waals surface area (Å²) in [5.74, 6) is -0.0769. The third kappa shape index (κ3) is 3.08. The van der Waals surface area contributed by atoms with Crippen LogP contribution in [0.15, 0.2) is 60.8 Å². The zero-order valence-corrected chi connectivity index (χ0v) is 16.6. The molecule has 0 saturated heterocycles. The van der Waals surface area contributed by atoms with Gasteiger partial charge in [-0.05, 0) is 49.2 Å². The van der Waals surface area contributed by atoms with Crippen LogP contribution in [-0.2, 0) is 6.42 Å². The summed E-state index contributed by atoms with van der Waals surface area (Å²) in [4.78, 5) is 27.6. The van der Waals surface area contributed by atoms with Crippen molar-refractivity contribution in [3.05, 3.63) is 94.2 Å². The number of carbonyl (C=O) groups excluding carboxylic acids is 1. The molecular weight excluding hydrogens is 384 g/mol. The summed E-state index contributed by atoms with van der Waals surface area (Å²) in [6.45, 7) is 2.57. The molecule has 0 unspecified atom stereocenters. The van der Waals surface area contributed by atoms with Crippen LogP contribution in [0.3, 0.4) is 0 Å². The summed E-state index contributed by atoms with van der Waals surface area (Å²) in [6.07, 6.45) is 2.35. The van der Waals surface area contributed by atoms with Gasteiger partial charge in [0.1, 0.15) is 11.2 Å². The number of hydrogen-bond donors (Lipinski definition) is 1. The van der Waals surface area contributed by atoms with Crippen molar-refractivity contribution in [3.63, 3.8) is 0 Å². The molecule has 29 heavy (non-hydrogen) atoms. The van der Waals surface area contributed by atoms with E-state index in [2.05, 4.69) is 22.1 Å². The van der Waals surface area contributed by atoms with Crippen molar-refractivity contribution in [2.24, 2.45) is 0 Å². The number of aromatic nitrogens is 3. The van der Waals surface area contributed by atoms with E-state index in [0.29, 0.717) is 17.3 Å². The highest BCUT2D eigenvalue weighted by Gasteiger charge is 2.35. The normalized spacial score (nSPS) is 16.1. The van der Waals surface area contributed by atoms with Gasteiger partial charge in [0.15, 0.2) is 0 Å². The van der Waals surface area contributed by atoms with Crippen LogP contribution in [0.25, 0.3) is 10.9 Å². The van der Waals surface area contributed by atoms with E-state index in [-0.39, 0.29) is 11.9 Å². The molecule has 1 aliphatic heterocycles. The van der Waals surface area contributed by atoms with Crippen LogP contribution in [0.4, 0.5) is 0 Å². The number of carbonyl (C=O) groups is 1. The van der Waals surface area contributed by atoms with Gasteiger partial charge >= 0.3 is 0 Å². The predicted molar refractivity (Wildman–Crippen MR) is 113 cm³/mol. The van der Waals surface area contributed by atoms with Gasteiger partial charge in [0.2, 0.25) is 0 Å². The number of aryl methyl sites for hydroxylation is 1. The molecule has 0 fully saturated rings. The number of hydrogen-bond acceptors (Lipinski definition) is 3. The van der Waals surface area contributed by atoms with E-state index in [4.69, 9.17) is 16.6 Å². The van der Waals surface area contributed by atoms with Gasteiger partial charge < -0.3 is 9.88 Å². The van der Waals surface area contributed by atoms with Crippen LogP contribution >= 0.6 is 11.6 Å². The number of H-pyrrole nitrogens is 1. The minimum atomic E-state index is -0.287. The number of halogens is 1. The predicted octanol–water partition coefficient (Wildman–Crippen LogP) is 4.71. The third-order valence-corrected chi connectivity index (χ3v) is 5.67. The molecule has 1 aromatic carbocycles. The van der Waals surface area contributed by atoms with Gasteiger partial charge in [-0.2, -0.15) is 0 Å². The zero-order valence-electron chi connectivity index (χ0n) is 15.9. The average Bonchev–Trinajstić information content (AvgIpc) is 3.11. The lowest BCUT2D eigenvalue weighted by molar-refractivity contribution is 0.0688. The quantitative estimate of drug-likeness (QED) is 0.494. The number of fused-ring (bicyclic) bond motifs is 3. The van der Waals surface area contributed by atoms with Gasteiger partial charge in [0.05, 0.1) is 5.69 Å². The van der Waals surface area contributed by atoms with E-state index in [1.54, 1.807) is 18.3 Å². The molecule has 0 bridgehead atoms. The Hall–Kier alpha value is -3.18. The first-order valence-electron chi connectivity index (χ1n) is 9.57. The molecule has 4 heterocycles. The molecule has 4 aromatic rings. The van der Waals surface area contributed by atoms with E-state index < -0.39 is 0 Å². The van der Waals surface area contributed by atoms with Crippen LogP contribution < -0.4 is 0 Å². The molecule has 1 N–H and O–H groups in total. The Morgan fingerprint density at radius 2 is 2.03 bits per heavy atom. The fourth-order valence-corrected chi connectivity index (χ4v) is 4.36. The summed E-state index contributed by atoms with van der Waals surface area (Å²) in [7, 11) is 0. The molecular formula is C23H19ClN4O. The Morgan fingerprint density at radius 3 is 2.86 bits per heavy atom. The zero-order chi connectivity index (χ0) is 20.0. The lowest BCUT2D eigenvalue weighted by atomic mass is 9.94. The van der Waals surface area contributed by atoms with E-state index in [1.165, 1.54) is 10.9 Å². The van der Waals surface area contributed by atoms with Crippen LogP contribution in [0, 0.1) is 6.92 Å². The van der Waals surface area contributed by atoms with Gasteiger partial charge in [0.25, 0.3) is 5.91 Å². The van der Waals surface area contributed by atoms with E-state index in [0.717, 1.165) is 29.0 Å². The number of amides is 1. The first-order chi connectivity index (χ1) is 14.1. The van der Waals surface area contributed by atoms with Crippen LogP contribution in [0.2, 0.25) is 5.15 Å². The van der Waals surface area contributed by atoms with Crippen molar-refractivity contribution >= 4 is 28.4 Å². The molecule has 0 aliphatic carbocycles. The van der Waals surface area contributed by atoms with Gasteiger partial charge in [-0.1, -0.05) is 35.9 Å². The number of benzene rings is 1. The van der Waals surface area contributed by atoms with Crippen molar-refractivity contribution in [2.45, 2.75) is 19.4 Å². The molecule has 6 heteroatoms. The standard InChI is InChI=1S/C23H19ClN4O/c1-14-5-4-8-19(26-14)22-21-17(16-6-2-3-7-18(16)27-21)10-12-28(22)23(29)15-9-11-25-20(24)13-15/h2-9,11,13,22,27H,10,12H2,1H3/t22-/m0/s1. The SMILES string of the molecule is Cc1cccc([C@H]2c3[nH]c4ccccc4c3CCN2C(=O)c2ccnc(Cl)c2)n1. The monoisotopic (exact) mass is 402 g/mol. The molecule has 5 nitrogen and oxygen atoms in total. The molecule has 5 rings (SSSR count). The summed E-state index contributed by atoms with van der Waals surface area (Å²) in [6, 6.07) is 17.2. The Bertz CT molecular complexity index is 1230. The molecule has 0 spiro atoms. The first kappa shape index (κ1) is 17.9. The second-order valence-corrected chi connectivity index (χ2v) is 7.67. The van der Waals surface area contributed by atoms with Crippen LogP contribution in [0.1, 0.15) is 39.0 Å². The second-order valence-electron chi connectivity index (χ2n) is 7.28. The molecule has 1 atom stereocenters. The highest BCUT2D eigenvalue weighted by molar-refractivity contribution is 6.29. The highest BCUT2D eigenvalue weighted by Crippen LogP contribution is 2.38. The van der Waals surface area contributed by atoms with Crippen molar-refractivity contribution in [3.8, 4) is 0 Å². The van der Waals surface area contributed by atoms with Crippen molar-refractivity contribution in [2.75, 3.05) is 6.54 Å². The van der Waals surface area contributed by atoms with Crippen molar-refractivity contribution < 1.29 is 4.79 Å². The van der Waals surface area contributed by atoms with Gasteiger partial charge in [0, 0.05) is 40.6 Å². The smallest absolute Gasteiger partial charge is 0.254 e. The minimum Gasteiger partial charge on any atom is -0.356 e. The minimum absolute atomic E-state index is 0.0769. The topological polar surface area (TPSA) is 61.9 Å². The first-order valence-corrected chi connectivity index (χ1v) is 9.95. The van der Waals surface area contributed by atoms with Crippen LogP contribution in [-0.4, -0.2) is 32.3 Å². The summed E-state index contributed by atoms with van der Waals surface area (Å²) < 4.78 is 0. The Kier molecular flexibility index (Phi) is 4.32.